The SMILES string of the molecule is OC[C@H]1OC(c2ccc3[nH]cnc3c2)C[C@@H]1O. The molecule has 3 rings (SSSR count). The van der Waals surface area contributed by atoms with Crippen LogP contribution in [0.15, 0.2) is 24.5 Å². The van der Waals surface area contributed by atoms with Gasteiger partial charge in [-0.3, -0.25) is 0 Å². The van der Waals surface area contributed by atoms with E-state index in [1.165, 1.54) is 0 Å². The zero-order chi connectivity index (χ0) is 11.8. The molecule has 1 saturated heterocycles. The molecule has 5 nitrogen and oxygen atoms in total. The second kappa shape index (κ2) is 4.10. The minimum Gasteiger partial charge on any atom is -0.394 e. The first-order valence-corrected chi connectivity index (χ1v) is 5.65. The molecule has 1 aromatic carbocycles. The highest BCUT2D eigenvalue weighted by molar-refractivity contribution is 5.75. The number of nitrogens with one attached hydrogen (secondary N) is 1. The number of aliphatic hydroxyl groups is 2. The van der Waals surface area contributed by atoms with Crippen LogP contribution in [0.4, 0.5) is 0 Å². The molecule has 3 N–H and O–H groups in total. The van der Waals surface area contributed by atoms with Gasteiger partial charge in [-0.15, -0.1) is 0 Å². The van der Waals surface area contributed by atoms with E-state index in [0.717, 1.165) is 16.6 Å². The van der Waals surface area contributed by atoms with Crippen LogP contribution in [0.3, 0.4) is 0 Å². The standard InChI is InChI=1S/C12H14N2O3/c15-5-12-10(16)4-11(17-12)7-1-2-8-9(3-7)14-6-13-8/h1-3,6,10-12,15-16H,4-5H2,(H,13,14)/t10-,11?,12+/m0/s1. The first-order chi connectivity index (χ1) is 8.28. The second-order valence-electron chi connectivity index (χ2n) is 4.33. The van der Waals surface area contributed by atoms with Gasteiger partial charge >= 0.3 is 0 Å². The van der Waals surface area contributed by atoms with Gasteiger partial charge in [-0.25, -0.2) is 4.98 Å². The van der Waals surface area contributed by atoms with Crippen LogP contribution in [-0.4, -0.2) is 39.0 Å². The van der Waals surface area contributed by atoms with Gasteiger partial charge in [0.1, 0.15) is 6.10 Å². The molecule has 0 saturated carbocycles. The minimum absolute atomic E-state index is 0.150. The van der Waals surface area contributed by atoms with E-state index in [9.17, 15) is 5.11 Å². The normalized spacial score (nSPS) is 28.9. The van der Waals surface area contributed by atoms with Gasteiger partial charge in [0.05, 0.1) is 36.2 Å². The summed E-state index contributed by atoms with van der Waals surface area (Å²) in [5.41, 5.74) is 2.85. The lowest BCUT2D eigenvalue weighted by Gasteiger charge is -2.12. The molecule has 0 bridgehead atoms. The predicted octanol–water partition coefficient (Wildman–Crippen LogP) is 0.746. The lowest BCUT2D eigenvalue weighted by atomic mass is 10.0. The molecule has 1 unspecified atom stereocenters. The number of aliphatic hydroxyl groups excluding tert-OH is 2. The van der Waals surface area contributed by atoms with E-state index in [0.29, 0.717) is 6.42 Å². The number of hydrogen-bond donors (Lipinski definition) is 3. The molecular formula is C12H14N2O3. The summed E-state index contributed by atoms with van der Waals surface area (Å²) in [5.74, 6) is 0. The van der Waals surface area contributed by atoms with E-state index in [1.807, 2.05) is 18.2 Å². The highest BCUT2D eigenvalue weighted by Crippen LogP contribution is 2.33. The van der Waals surface area contributed by atoms with Gasteiger partial charge in [0.2, 0.25) is 0 Å². The van der Waals surface area contributed by atoms with Gasteiger partial charge in [-0.2, -0.15) is 0 Å². The van der Waals surface area contributed by atoms with Crippen LogP contribution in [0.5, 0.6) is 0 Å². The number of imidazole rings is 1. The molecule has 1 aliphatic heterocycles. The first-order valence-electron chi connectivity index (χ1n) is 5.65. The zero-order valence-corrected chi connectivity index (χ0v) is 9.21. The molecular weight excluding hydrogens is 220 g/mol. The van der Waals surface area contributed by atoms with Gasteiger partial charge in [-0.05, 0) is 17.7 Å². The van der Waals surface area contributed by atoms with E-state index in [4.69, 9.17) is 9.84 Å². The zero-order valence-electron chi connectivity index (χ0n) is 9.21. The number of nitrogens with zero attached hydrogens (tertiary/aromatic N) is 1. The van der Waals surface area contributed by atoms with Crippen LogP contribution < -0.4 is 0 Å². The number of benzene rings is 1. The van der Waals surface area contributed by atoms with Crippen LogP contribution in [0.1, 0.15) is 18.1 Å². The summed E-state index contributed by atoms with van der Waals surface area (Å²) in [6.07, 6.45) is 0.925. The number of rotatable bonds is 2. The number of ether oxygens (including phenoxy) is 1. The highest BCUT2D eigenvalue weighted by Gasteiger charge is 2.34. The summed E-state index contributed by atoms with van der Waals surface area (Å²) in [5, 5.41) is 18.7. The van der Waals surface area contributed by atoms with Crippen molar-refractivity contribution in [1.82, 2.24) is 9.97 Å². The van der Waals surface area contributed by atoms with Gasteiger partial charge in [0.15, 0.2) is 0 Å². The Morgan fingerprint density at radius 1 is 1.47 bits per heavy atom. The molecule has 0 amide bonds. The molecule has 1 fully saturated rings. The Hall–Kier alpha value is -1.43. The number of aromatic amines is 1. The van der Waals surface area contributed by atoms with Crippen molar-refractivity contribution in [2.24, 2.45) is 0 Å². The highest BCUT2D eigenvalue weighted by atomic mass is 16.5. The fourth-order valence-electron chi connectivity index (χ4n) is 2.26. The maximum Gasteiger partial charge on any atom is 0.107 e. The monoisotopic (exact) mass is 234 g/mol. The molecule has 90 valence electrons. The van der Waals surface area contributed by atoms with Crippen molar-refractivity contribution in [3.05, 3.63) is 30.1 Å². The quantitative estimate of drug-likeness (QED) is 0.716. The van der Waals surface area contributed by atoms with E-state index < -0.39 is 12.2 Å². The molecule has 0 radical (unpaired) electrons. The third-order valence-corrected chi connectivity index (χ3v) is 3.22. The van der Waals surface area contributed by atoms with Crippen LogP contribution in [0, 0.1) is 0 Å². The molecule has 5 heteroatoms. The Bertz CT molecular complexity index is 525. The van der Waals surface area contributed by atoms with Crippen molar-refractivity contribution in [3.63, 3.8) is 0 Å². The Kier molecular flexibility index (Phi) is 2.58. The second-order valence-corrected chi connectivity index (χ2v) is 4.33. The van der Waals surface area contributed by atoms with Gasteiger partial charge in [-0.1, -0.05) is 6.07 Å². The van der Waals surface area contributed by atoms with Crippen molar-refractivity contribution in [2.75, 3.05) is 6.61 Å². The van der Waals surface area contributed by atoms with Crippen LogP contribution >= 0.6 is 0 Å². The number of H-pyrrole nitrogens is 1. The lowest BCUT2D eigenvalue weighted by molar-refractivity contribution is -0.0225. The Balaban J connectivity index is 1.89. The Morgan fingerprint density at radius 3 is 3.12 bits per heavy atom. The third kappa shape index (κ3) is 1.82. The number of aromatic nitrogens is 2. The summed E-state index contributed by atoms with van der Waals surface area (Å²) < 4.78 is 5.60. The van der Waals surface area contributed by atoms with Crippen molar-refractivity contribution in [3.8, 4) is 0 Å². The van der Waals surface area contributed by atoms with Gasteiger partial charge in [0, 0.05) is 6.42 Å². The largest absolute Gasteiger partial charge is 0.394 e. The molecule has 3 atom stereocenters. The predicted molar refractivity (Wildman–Crippen MR) is 61.4 cm³/mol. The van der Waals surface area contributed by atoms with Crippen LogP contribution in [0.2, 0.25) is 0 Å². The van der Waals surface area contributed by atoms with Crippen LogP contribution in [-0.2, 0) is 4.74 Å². The van der Waals surface area contributed by atoms with Crippen molar-refractivity contribution in [2.45, 2.75) is 24.7 Å². The Morgan fingerprint density at radius 2 is 2.35 bits per heavy atom. The fraction of sp³-hybridized carbons (Fsp3) is 0.417. The van der Waals surface area contributed by atoms with Crippen LogP contribution in [0.25, 0.3) is 11.0 Å². The topological polar surface area (TPSA) is 78.4 Å². The van der Waals surface area contributed by atoms with Crippen molar-refractivity contribution >= 4 is 11.0 Å². The minimum atomic E-state index is -0.597. The van der Waals surface area contributed by atoms with Gasteiger partial charge in [0.25, 0.3) is 0 Å². The van der Waals surface area contributed by atoms with Crippen molar-refractivity contribution < 1.29 is 14.9 Å². The fourth-order valence-corrected chi connectivity index (χ4v) is 2.26. The summed E-state index contributed by atoms with van der Waals surface area (Å²) >= 11 is 0. The molecule has 0 aliphatic carbocycles. The number of hydrogen-bond acceptors (Lipinski definition) is 4. The maximum atomic E-state index is 9.69. The molecule has 2 aromatic rings. The van der Waals surface area contributed by atoms with E-state index in [2.05, 4.69) is 9.97 Å². The Labute approximate surface area is 98.1 Å². The first kappa shape index (κ1) is 10.7. The average molecular weight is 234 g/mol. The smallest absolute Gasteiger partial charge is 0.107 e. The molecule has 1 aliphatic rings. The average Bonchev–Trinajstić information content (AvgIpc) is 2.93. The summed E-state index contributed by atoms with van der Waals surface area (Å²) in [4.78, 5) is 7.21. The maximum absolute atomic E-state index is 9.69. The summed E-state index contributed by atoms with van der Waals surface area (Å²) in [7, 11) is 0. The number of fused-ring (bicyclic) bond motifs is 1. The van der Waals surface area contributed by atoms with Gasteiger partial charge < -0.3 is 19.9 Å². The molecule has 2 heterocycles. The summed E-state index contributed by atoms with van der Waals surface area (Å²) in [6.45, 7) is -0.150. The van der Waals surface area contributed by atoms with E-state index >= 15 is 0 Å². The molecule has 17 heavy (non-hydrogen) atoms. The molecule has 0 spiro atoms. The van der Waals surface area contributed by atoms with E-state index in [-0.39, 0.29) is 12.7 Å². The van der Waals surface area contributed by atoms with E-state index in [1.54, 1.807) is 6.33 Å². The third-order valence-electron chi connectivity index (χ3n) is 3.22. The molecule has 1 aromatic heterocycles. The van der Waals surface area contributed by atoms with Crippen molar-refractivity contribution in [1.29, 1.82) is 0 Å². The summed E-state index contributed by atoms with van der Waals surface area (Å²) in [6, 6.07) is 5.85. The lowest BCUT2D eigenvalue weighted by Crippen LogP contribution is -2.24.